The van der Waals surface area contributed by atoms with Gasteiger partial charge in [0.25, 0.3) is 0 Å². The molecule has 0 radical (unpaired) electrons. The van der Waals surface area contributed by atoms with Gasteiger partial charge in [0.05, 0.1) is 0 Å². The largest absolute Gasteiger partial charge is 0.332 e. The lowest BCUT2D eigenvalue weighted by atomic mass is 9.90. The van der Waals surface area contributed by atoms with Crippen LogP contribution in [-0.2, 0) is 0 Å². The molecule has 198 valence electrons. The fraction of sp³-hybridized carbons (Fsp3) is 0.724. The van der Waals surface area contributed by atoms with E-state index in [2.05, 4.69) is 92.5 Å². The molecule has 1 heterocycles. The van der Waals surface area contributed by atoms with E-state index in [0.717, 1.165) is 58.9 Å². The van der Waals surface area contributed by atoms with Crippen molar-refractivity contribution in [1.29, 1.82) is 0 Å². The molecule has 35 heavy (non-hydrogen) atoms. The summed E-state index contributed by atoms with van der Waals surface area (Å²) in [6, 6.07) is 6.90. The third-order valence-corrected chi connectivity index (χ3v) is 9.12. The van der Waals surface area contributed by atoms with E-state index in [9.17, 15) is 0 Å². The molecule has 6 heteroatoms. The maximum absolute atomic E-state index is 5.86. The normalized spacial score (nSPS) is 19.7. The molecule has 0 aliphatic carbocycles. The quantitative estimate of drug-likeness (QED) is 0.126. The number of unbranched alkanes of at least 4 members (excludes halogenated alkanes) is 1. The maximum atomic E-state index is 5.86. The van der Waals surface area contributed by atoms with Crippen LogP contribution in [0.2, 0.25) is 0 Å². The second-order valence-corrected chi connectivity index (χ2v) is 13.4. The summed E-state index contributed by atoms with van der Waals surface area (Å²) >= 11 is 10.1. The van der Waals surface area contributed by atoms with Gasteiger partial charge in [-0.2, -0.15) is 0 Å². The first kappa shape index (κ1) is 30.9. The Balaban J connectivity index is 1.81. The zero-order valence-electron chi connectivity index (χ0n) is 22.9. The fourth-order valence-corrected chi connectivity index (χ4v) is 7.59. The van der Waals surface area contributed by atoms with Gasteiger partial charge < -0.3 is 5.32 Å². The van der Waals surface area contributed by atoms with Gasteiger partial charge in [0.15, 0.2) is 10.3 Å². The number of thiocarbonyl (C=S) groups is 1. The number of nitrogens with zero attached hydrogens (tertiary/aromatic N) is 2. The molecular formula is C29H48IN3S2. The Bertz CT molecular complexity index is 793. The van der Waals surface area contributed by atoms with Gasteiger partial charge in [0, 0.05) is 27.6 Å². The summed E-state index contributed by atoms with van der Waals surface area (Å²) in [7, 11) is 0. The van der Waals surface area contributed by atoms with Crippen molar-refractivity contribution in [3.8, 4) is 0 Å². The number of hydrogen-bond donors (Lipinski definition) is 1. The van der Waals surface area contributed by atoms with Crippen LogP contribution in [0.5, 0.6) is 0 Å². The van der Waals surface area contributed by atoms with Crippen molar-refractivity contribution < 1.29 is 0 Å². The van der Waals surface area contributed by atoms with E-state index in [4.69, 9.17) is 17.2 Å². The third kappa shape index (κ3) is 11.3. The number of rotatable bonds is 14. The number of aryl methyl sites for hydroxylation is 1. The SMILES string of the molecule is CCCC(C)CCCCC(C)CC(C)CC/N=C1/SCC(CC)N1C(=S)Nc1cc(C)cc(I)c1. The third-order valence-electron chi connectivity index (χ3n) is 7.06. The van der Waals surface area contributed by atoms with E-state index >= 15 is 0 Å². The Labute approximate surface area is 239 Å². The van der Waals surface area contributed by atoms with Crippen LogP contribution >= 0.6 is 46.6 Å². The van der Waals surface area contributed by atoms with E-state index in [1.165, 1.54) is 54.1 Å². The predicted molar refractivity (Wildman–Crippen MR) is 171 cm³/mol. The van der Waals surface area contributed by atoms with Gasteiger partial charge in [-0.15, -0.1) is 0 Å². The van der Waals surface area contributed by atoms with Crippen molar-refractivity contribution in [2.45, 2.75) is 105 Å². The van der Waals surface area contributed by atoms with E-state index in [0.29, 0.717) is 6.04 Å². The Morgan fingerprint density at radius 1 is 1.09 bits per heavy atom. The second-order valence-electron chi connectivity index (χ2n) is 10.8. The van der Waals surface area contributed by atoms with Crippen LogP contribution in [0.4, 0.5) is 5.69 Å². The van der Waals surface area contributed by atoms with Crippen LogP contribution < -0.4 is 5.32 Å². The highest BCUT2D eigenvalue weighted by Gasteiger charge is 2.32. The Morgan fingerprint density at radius 2 is 1.77 bits per heavy atom. The average Bonchev–Trinajstić information content (AvgIpc) is 3.19. The minimum atomic E-state index is 0.417. The second kappa shape index (κ2) is 16.5. The summed E-state index contributed by atoms with van der Waals surface area (Å²) in [4.78, 5) is 7.30. The number of halogens is 1. The minimum absolute atomic E-state index is 0.417. The summed E-state index contributed by atoms with van der Waals surface area (Å²) in [5.41, 5.74) is 2.31. The van der Waals surface area contributed by atoms with Crippen molar-refractivity contribution in [1.82, 2.24) is 4.90 Å². The molecule has 1 aliphatic rings. The molecule has 2 rings (SSSR count). The molecule has 4 unspecified atom stereocenters. The summed E-state index contributed by atoms with van der Waals surface area (Å²) < 4.78 is 1.22. The molecule has 0 amide bonds. The molecule has 1 saturated heterocycles. The molecule has 1 N–H and O–H groups in total. The first-order valence-electron chi connectivity index (χ1n) is 13.8. The molecule has 1 aromatic rings. The van der Waals surface area contributed by atoms with E-state index in [-0.39, 0.29) is 0 Å². The molecule has 0 spiro atoms. The Hall–Kier alpha value is -0.340. The van der Waals surface area contributed by atoms with Gasteiger partial charge >= 0.3 is 0 Å². The predicted octanol–water partition coefficient (Wildman–Crippen LogP) is 9.53. The Morgan fingerprint density at radius 3 is 2.43 bits per heavy atom. The van der Waals surface area contributed by atoms with E-state index in [1.807, 2.05) is 11.8 Å². The minimum Gasteiger partial charge on any atom is -0.332 e. The molecule has 1 aromatic carbocycles. The number of hydrogen-bond acceptors (Lipinski definition) is 3. The molecule has 0 aromatic heterocycles. The zero-order valence-corrected chi connectivity index (χ0v) is 26.7. The lowest BCUT2D eigenvalue weighted by Crippen LogP contribution is -2.41. The monoisotopic (exact) mass is 629 g/mol. The van der Waals surface area contributed by atoms with Crippen LogP contribution in [0.3, 0.4) is 0 Å². The number of anilines is 1. The number of thioether (sulfide) groups is 1. The van der Waals surface area contributed by atoms with Gasteiger partial charge in [0.2, 0.25) is 0 Å². The van der Waals surface area contributed by atoms with Crippen molar-refractivity contribution in [2.24, 2.45) is 22.7 Å². The van der Waals surface area contributed by atoms with Crippen LogP contribution in [-0.4, -0.2) is 33.5 Å². The van der Waals surface area contributed by atoms with Crippen molar-refractivity contribution in [3.63, 3.8) is 0 Å². The van der Waals surface area contributed by atoms with Crippen LogP contribution in [0.1, 0.15) is 98.0 Å². The number of amidine groups is 1. The summed E-state index contributed by atoms with van der Waals surface area (Å²) in [6.45, 7) is 14.8. The van der Waals surface area contributed by atoms with Gasteiger partial charge in [-0.25, -0.2) is 0 Å². The Kier molecular flexibility index (Phi) is 14.6. The highest BCUT2D eigenvalue weighted by molar-refractivity contribution is 14.1. The molecule has 4 atom stereocenters. The zero-order chi connectivity index (χ0) is 25.8. The molecule has 0 bridgehead atoms. The van der Waals surface area contributed by atoms with Crippen molar-refractivity contribution in [2.75, 3.05) is 17.6 Å². The van der Waals surface area contributed by atoms with Crippen LogP contribution in [0.25, 0.3) is 0 Å². The number of aliphatic imine (C=N–C) groups is 1. The molecule has 0 saturated carbocycles. The number of benzene rings is 1. The lowest BCUT2D eigenvalue weighted by molar-refractivity contribution is 0.361. The van der Waals surface area contributed by atoms with Crippen molar-refractivity contribution in [3.05, 3.63) is 27.3 Å². The first-order chi connectivity index (χ1) is 16.7. The van der Waals surface area contributed by atoms with Crippen LogP contribution in [0.15, 0.2) is 23.2 Å². The molecule has 3 nitrogen and oxygen atoms in total. The summed E-state index contributed by atoms with van der Waals surface area (Å²) in [5.74, 6) is 3.49. The van der Waals surface area contributed by atoms with Crippen molar-refractivity contribution >= 4 is 62.5 Å². The maximum Gasteiger partial charge on any atom is 0.179 e. The van der Waals surface area contributed by atoms with Gasteiger partial charge in [-0.1, -0.05) is 84.9 Å². The van der Waals surface area contributed by atoms with Gasteiger partial charge in [0.1, 0.15) is 0 Å². The molecular weight excluding hydrogens is 581 g/mol. The smallest absolute Gasteiger partial charge is 0.179 e. The highest BCUT2D eigenvalue weighted by Crippen LogP contribution is 2.28. The standard InChI is InChI=1S/C29H48IN3S2/c1-7-11-21(3)12-9-10-13-22(4)16-23(5)14-15-31-29-33(27(8-2)20-35-29)28(34)32-26-18-24(6)17-25(30)19-26/h17-19,21-23,27H,7-16,20H2,1-6H3,(H,32,34)/b31-29+. The summed E-state index contributed by atoms with van der Waals surface area (Å²) in [5, 5.41) is 5.35. The molecule has 1 fully saturated rings. The lowest BCUT2D eigenvalue weighted by Gasteiger charge is -2.26. The van der Waals surface area contributed by atoms with E-state index in [1.54, 1.807) is 0 Å². The van der Waals surface area contributed by atoms with Crippen LogP contribution in [0, 0.1) is 28.2 Å². The van der Waals surface area contributed by atoms with Gasteiger partial charge in [-0.05, 0) is 103 Å². The molecule has 1 aliphatic heterocycles. The topological polar surface area (TPSA) is 27.6 Å². The average molecular weight is 630 g/mol. The first-order valence-corrected chi connectivity index (χ1v) is 16.2. The van der Waals surface area contributed by atoms with Gasteiger partial charge in [-0.3, -0.25) is 9.89 Å². The number of nitrogens with one attached hydrogen (secondary N) is 1. The fourth-order valence-electron chi connectivity index (χ4n) is 5.06. The summed E-state index contributed by atoms with van der Waals surface area (Å²) in [6.07, 6.45) is 11.8. The van der Waals surface area contributed by atoms with E-state index < -0.39 is 0 Å². The highest BCUT2D eigenvalue weighted by atomic mass is 127.